The molecule has 0 spiro atoms. The van der Waals surface area contributed by atoms with Gasteiger partial charge in [-0.05, 0) is 47.7 Å². The highest BCUT2D eigenvalue weighted by Crippen LogP contribution is 2.16. The van der Waals surface area contributed by atoms with Gasteiger partial charge in [0.1, 0.15) is 0 Å². The summed E-state index contributed by atoms with van der Waals surface area (Å²) >= 11 is 0. The van der Waals surface area contributed by atoms with Crippen molar-refractivity contribution >= 4 is 16.7 Å². The fourth-order valence-corrected chi connectivity index (χ4v) is 2.81. The zero-order valence-electron chi connectivity index (χ0n) is 13.4. The topological polar surface area (TPSA) is 29.1 Å². The minimum atomic E-state index is 0.0154. The standard InChI is InChI=1S/C21H21NO/c1-16-7-2-5-11-20(16)21(23)22-14-6-8-17-12-13-18-9-3-4-10-19(18)15-17/h2-5,7,9-13,15H,6,8,14H2,1H3,(H,22,23). The van der Waals surface area contributed by atoms with Gasteiger partial charge in [-0.3, -0.25) is 4.79 Å². The third-order valence-electron chi connectivity index (χ3n) is 4.13. The minimum Gasteiger partial charge on any atom is -0.352 e. The lowest BCUT2D eigenvalue weighted by molar-refractivity contribution is 0.0952. The van der Waals surface area contributed by atoms with Gasteiger partial charge in [-0.15, -0.1) is 0 Å². The highest BCUT2D eigenvalue weighted by atomic mass is 16.1. The van der Waals surface area contributed by atoms with Crippen LogP contribution in [0.25, 0.3) is 10.8 Å². The van der Waals surface area contributed by atoms with E-state index in [2.05, 4.69) is 47.8 Å². The van der Waals surface area contributed by atoms with E-state index in [-0.39, 0.29) is 5.91 Å². The van der Waals surface area contributed by atoms with Crippen LogP contribution in [-0.4, -0.2) is 12.5 Å². The zero-order valence-corrected chi connectivity index (χ0v) is 13.4. The summed E-state index contributed by atoms with van der Waals surface area (Å²) in [6, 6.07) is 22.6. The molecule has 2 heteroatoms. The normalized spacial score (nSPS) is 10.7. The highest BCUT2D eigenvalue weighted by molar-refractivity contribution is 5.95. The molecule has 3 rings (SSSR count). The molecular weight excluding hydrogens is 282 g/mol. The first kappa shape index (κ1) is 15.3. The Morgan fingerprint density at radius 1 is 0.913 bits per heavy atom. The van der Waals surface area contributed by atoms with Crippen LogP contribution < -0.4 is 5.32 Å². The number of fused-ring (bicyclic) bond motifs is 1. The number of carbonyl (C=O) groups is 1. The van der Waals surface area contributed by atoms with Crippen LogP contribution in [0.15, 0.2) is 66.7 Å². The third-order valence-corrected chi connectivity index (χ3v) is 4.13. The van der Waals surface area contributed by atoms with Crippen LogP contribution in [0.4, 0.5) is 0 Å². The average Bonchev–Trinajstić information content (AvgIpc) is 2.59. The van der Waals surface area contributed by atoms with E-state index in [1.165, 1.54) is 16.3 Å². The van der Waals surface area contributed by atoms with Crippen molar-refractivity contribution in [2.45, 2.75) is 19.8 Å². The zero-order chi connectivity index (χ0) is 16.1. The minimum absolute atomic E-state index is 0.0154. The number of benzene rings is 3. The molecule has 0 atom stereocenters. The molecule has 0 aromatic heterocycles. The number of amides is 1. The van der Waals surface area contributed by atoms with Crippen molar-refractivity contribution in [3.63, 3.8) is 0 Å². The van der Waals surface area contributed by atoms with Crippen molar-refractivity contribution in [2.75, 3.05) is 6.54 Å². The molecule has 0 radical (unpaired) electrons. The predicted molar refractivity (Wildman–Crippen MR) is 95.8 cm³/mol. The molecular formula is C21H21NO. The van der Waals surface area contributed by atoms with Crippen molar-refractivity contribution in [1.82, 2.24) is 5.32 Å². The average molecular weight is 303 g/mol. The molecule has 0 saturated heterocycles. The Balaban J connectivity index is 1.53. The van der Waals surface area contributed by atoms with E-state index in [0.717, 1.165) is 24.0 Å². The highest BCUT2D eigenvalue weighted by Gasteiger charge is 2.06. The van der Waals surface area contributed by atoms with Crippen molar-refractivity contribution in [2.24, 2.45) is 0 Å². The molecule has 1 N–H and O–H groups in total. The maximum absolute atomic E-state index is 12.1. The van der Waals surface area contributed by atoms with Crippen LogP contribution in [0, 0.1) is 6.92 Å². The molecule has 0 fully saturated rings. The first-order valence-corrected chi connectivity index (χ1v) is 8.05. The van der Waals surface area contributed by atoms with Crippen molar-refractivity contribution in [1.29, 1.82) is 0 Å². The molecule has 1 amide bonds. The summed E-state index contributed by atoms with van der Waals surface area (Å²) in [7, 11) is 0. The van der Waals surface area contributed by atoms with Crippen LogP contribution in [0.5, 0.6) is 0 Å². The Labute approximate surface area is 137 Å². The number of hydrogen-bond donors (Lipinski definition) is 1. The van der Waals surface area contributed by atoms with E-state index in [1.807, 2.05) is 31.2 Å². The summed E-state index contributed by atoms with van der Waals surface area (Å²) in [4.78, 5) is 12.1. The Morgan fingerprint density at radius 3 is 2.48 bits per heavy atom. The van der Waals surface area contributed by atoms with E-state index in [9.17, 15) is 4.79 Å². The van der Waals surface area contributed by atoms with Gasteiger partial charge >= 0.3 is 0 Å². The van der Waals surface area contributed by atoms with E-state index < -0.39 is 0 Å². The smallest absolute Gasteiger partial charge is 0.251 e. The Bertz CT molecular complexity index is 823. The lowest BCUT2D eigenvalue weighted by atomic mass is 10.0. The summed E-state index contributed by atoms with van der Waals surface area (Å²) in [5, 5.41) is 5.55. The number of hydrogen-bond acceptors (Lipinski definition) is 1. The molecule has 116 valence electrons. The lowest BCUT2D eigenvalue weighted by Gasteiger charge is -2.08. The molecule has 3 aromatic rings. The van der Waals surface area contributed by atoms with E-state index in [1.54, 1.807) is 0 Å². The first-order valence-electron chi connectivity index (χ1n) is 8.05. The molecule has 0 unspecified atom stereocenters. The number of carbonyl (C=O) groups excluding carboxylic acids is 1. The molecule has 0 heterocycles. The van der Waals surface area contributed by atoms with E-state index in [4.69, 9.17) is 0 Å². The van der Waals surface area contributed by atoms with Gasteiger partial charge in [-0.1, -0.05) is 60.7 Å². The summed E-state index contributed by atoms with van der Waals surface area (Å²) in [6.45, 7) is 2.66. The molecule has 0 aliphatic heterocycles. The van der Waals surface area contributed by atoms with Gasteiger partial charge < -0.3 is 5.32 Å². The second-order valence-corrected chi connectivity index (χ2v) is 5.86. The molecule has 0 bridgehead atoms. The summed E-state index contributed by atoms with van der Waals surface area (Å²) in [6.07, 6.45) is 1.91. The van der Waals surface area contributed by atoms with Crippen LogP contribution in [0.2, 0.25) is 0 Å². The monoisotopic (exact) mass is 303 g/mol. The predicted octanol–water partition coefficient (Wildman–Crippen LogP) is 4.51. The van der Waals surface area contributed by atoms with Crippen LogP contribution in [-0.2, 0) is 6.42 Å². The Morgan fingerprint density at radius 2 is 1.65 bits per heavy atom. The second kappa shape index (κ2) is 7.10. The van der Waals surface area contributed by atoms with Gasteiger partial charge in [-0.2, -0.15) is 0 Å². The van der Waals surface area contributed by atoms with Crippen molar-refractivity contribution < 1.29 is 4.79 Å². The number of aryl methyl sites for hydroxylation is 2. The third kappa shape index (κ3) is 3.78. The number of rotatable bonds is 5. The lowest BCUT2D eigenvalue weighted by Crippen LogP contribution is -2.25. The maximum Gasteiger partial charge on any atom is 0.251 e. The van der Waals surface area contributed by atoms with Crippen LogP contribution in [0.1, 0.15) is 27.9 Å². The van der Waals surface area contributed by atoms with Crippen molar-refractivity contribution in [3.05, 3.63) is 83.4 Å². The SMILES string of the molecule is Cc1ccccc1C(=O)NCCCc1ccc2ccccc2c1. The van der Waals surface area contributed by atoms with Crippen LogP contribution >= 0.6 is 0 Å². The summed E-state index contributed by atoms with van der Waals surface area (Å²) in [5.74, 6) is 0.0154. The van der Waals surface area contributed by atoms with Gasteiger partial charge in [0.2, 0.25) is 0 Å². The quantitative estimate of drug-likeness (QED) is 0.690. The molecule has 0 aliphatic rings. The fraction of sp³-hybridized carbons (Fsp3) is 0.190. The molecule has 0 saturated carbocycles. The van der Waals surface area contributed by atoms with Gasteiger partial charge in [0.05, 0.1) is 0 Å². The van der Waals surface area contributed by atoms with Gasteiger partial charge in [0.15, 0.2) is 0 Å². The van der Waals surface area contributed by atoms with Gasteiger partial charge in [0, 0.05) is 12.1 Å². The fourth-order valence-electron chi connectivity index (χ4n) is 2.81. The molecule has 0 aliphatic carbocycles. The van der Waals surface area contributed by atoms with E-state index >= 15 is 0 Å². The maximum atomic E-state index is 12.1. The van der Waals surface area contributed by atoms with Crippen LogP contribution in [0.3, 0.4) is 0 Å². The second-order valence-electron chi connectivity index (χ2n) is 5.86. The largest absolute Gasteiger partial charge is 0.352 e. The number of nitrogens with one attached hydrogen (secondary N) is 1. The molecule has 2 nitrogen and oxygen atoms in total. The molecule has 23 heavy (non-hydrogen) atoms. The summed E-state index contributed by atoms with van der Waals surface area (Å²) in [5.41, 5.74) is 3.09. The first-order chi connectivity index (χ1) is 11.2. The van der Waals surface area contributed by atoms with Gasteiger partial charge in [0.25, 0.3) is 5.91 Å². The Kier molecular flexibility index (Phi) is 4.72. The van der Waals surface area contributed by atoms with E-state index in [0.29, 0.717) is 6.54 Å². The molecule has 3 aromatic carbocycles. The van der Waals surface area contributed by atoms with Gasteiger partial charge in [-0.25, -0.2) is 0 Å². The summed E-state index contributed by atoms with van der Waals surface area (Å²) < 4.78 is 0. The van der Waals surface area contributed by atoms with Crippen molar-refractivity contribution in [3.8, 4) is 0 Å². The Hall–Kier alpha value is -2.61.